The van der Waals surface area contributed by atoms with Gasteiger partial charge in [-0.2, -0.15) is 10.1 Å². The zero-order valence-corrected chi connectivity index (χ0v) is 17.3. The summed E-state index contributed by atoms with van der Waals surface area (Å²) in [5.74, 6) is -0.0798. The zero-order valence-electron chi connectivity index (χ0n) is 17.3. The van der Waals surface area contributed by atoms with Gasteiger partial charge in [-0.1, -0.05) is 29.4 Å². The number of hydrogen-bond donors (Lipinski definition) is 0. The Morgan fingerprint density at radius 3 is 2.59 bits per heavy atom. The van der Waals surface area contributed by atoms with E-state index in [9.17, 15) is 9.90 Å². The molecule has 0 amide bonds. The van der Waals surface area contributed by atoms with Gasteiger partial charge in [0.2, 0.25) is 11.5 Å². The number of aromatic nitrogens is 4. The Labute approximate surface area is 183 Å². The van der Waals surface area contributed by atoms with Gasteiger partial charge in [0, 0.05) is 17.3 Å². The van der Waals surface area contributed by atoms with Gasteiger partial charge in [0.05, 0.1) is 25.2 Å². The molecule has 32 heavy (non-hydrogen) atoms. The van der Waals surface area contributed by atoms with E-state index in [-0.39, 0.29) is 11.8 Å². The van der Waals surface area contributed by atoms with Crippen molar-refractivity contribution in [2.24, 2.45) is 0 Å². The molecule has 0 radical (unpaired) electrons. The quantitative estimate of drug-likeness (QED) is 0.415. The Balaban J connectivity index is 1.51. The summed E-state index contributed by atoms with van der Waals surface area (Å²) in [6.07, 6.45) is 1.54. The summed E-state index contributed by atoms with van der Waals surface area (Å²) in [6, 6.07) is 14.0. The Morgan fingerprint density at radius 2 is 1.94 bits per heavy atom. The third-order valence-electron chi connectivity index (χ3n) is 4.52. The SMILES string of the molecule is [C-]#[N+]c1cc(-c2nc(-c3ccc(Cn4ccc(C(=O)[O-])n4)cc3)no2)ccc1OC(C)C. The van der Waals surface area contributed by atoms with Crippen molar-refractivity contribution in [3.63, 3.8) is 0 Å². The summed E-state index contributed by atoms with van der Waals surface area (Å²) in [5, 5.41) is 18.8. The second-order valence-electron chi connectivity index (χ2n) is 7.27. The summed E-state index contributed by atoms with van der Waals surface area (Å²) in [5.41, 5.74) is 2.58. The van der Waals surface area contributed by atoms with Crippen molar-refractivity contribution in [3.05, 3.63) is 77.4 Å². The lowest BCUT2D eigenvalue weighted by atomic mass is 10.1. The third-order valence-corrected chi connectivity index (χ3v) is 4.52. The van der Waals surface area contributed by atoms with E-state index in [1.807, 2.05) is 38.1 Å². The summed E-state index contributed by atoms with van der Waals surface area (Å²) < 4.78 is 12.6. The normalized spacial score (nSPS) is 10.8. The number of carbonyl (C=O) groups is 1. The van der Waals surface area contributed by atoms with Crippen LogP contribution in [-0.4, -0.2) is 32.0 Å². The van der Waals surface area contributed by atoms with Gasteiger partial charge in [0.1, 0.15) is 11.4 Å². The van der Waals surface area contributed by atoms with Crippen molar-refractivity contribution in [1.82, 2.24) is 19.9 Å². The van der Waals surface area contributed by atoms with Gasteiger partial charge in [-0.05, 0) is 43.7 Å². The second-order valence-corrected chi connectivity index (χ2v) is 7.27. The van der Waals surface area contributed by atoms with Gasteiger partial charge >= 0.3 is 0 Å². The Kier molecular flexibility index (Phi) is 5.68. The largest absolute Gasteiger partial charge is 0.543 e. The molecule has 0 aliphatic rings. The highest BCUT2D eigenvalue weighted by Crippen LogP contribution is 2.33. The number of ether oxygens (including phenoxy) is 1. The van der Waals surface area contributed by atoms with Gasteiger partial charge in [-0.15, -0.1) is 0 Å². The van der Waals surface area contributed by atoms with E-state index in [4.69, 9.17) is 15.8 Å². The number of rotatable bonds is 7. The van der Waals surface area contributed by atoms with Gasteiger partial charge in [-0.25, -0.2) is 4.85 Å². The van der Waals surface area contributed by atoms with Crippen LogP contribution in [0.25, 0.3) is 27.7 Å². The summed E-state index contributed by atoms with van der Waals surface area (Å²) in [6.45, 7) is 11.6. The summed E-state index contributed by atoms with van der Waals surface area (Å²) >= 11 is 0. The van der Waals surface area contributed by atoms with E-state index in [2.05, 4.69) is 20.1 Å². The number of carboxylic acids is 1. The highest BCUT2D eigenvalue weighted by atomic mass is 16.5. The predicted octanol–water partition coefficient (Wildman–Crippen LogP) is 3.35. The Bertz CT molecular complexity index is 1300. The molecule has 4 aromatic rings. The smallest absolute Gasteiger partial charge is 0.256 e. The fraction of sp³-hybridized carbons (Fsp3) is 0.174. The first-order valence-electron chi connectivity index (χ1n) is 9.79. The number of carboxylic acid groups (broad SMARTS) is 1. The van der Waals surface area contributed by atoms with E-state index < -0.39 is 5.97 Å². The second kappa shape index (κ2) is 8.73. The number of benzene rings is 2. The van der Waals surface area contributed by atoms with E-state index in [1.165, 1.54) is 10.7 Å². The molecule has 0 bridgehead atoms. The molecule has 160 valence electrons. The van der Waals surface area contributed by atoms with Crippen molar-refractivity contribution >= 4 is 11.7 Å². The van der Waals surface area contributed by atoms with Crippen molar-refractivity contribution in [2.45, 2.75) is 26.5 Å². The van der Waals surface area contributed by atoms with Crippen LogP contribution < -0.4 is 9.84 Å². The highest BCUT2D eigenvalue weighted by molar-refractivity contribution is 5.83. The maximum absolute atomic E-state index is 10.8. The number of carbonyl (C=O) groups excluding carboxylic acids is 1. The van der Waals surface area contributed by atoms with Crippen molar-refractivity contribution in [1.29, 1.82) is 0 Å². The third kappa shape index (κ3) is 4.49. The minimum absolute atomic E-state index is 0.0381. The number of aromatic carboxylic acids is 1. The standard InChI is InChI=1S/C23H19N5O4/c1-14(2)31-20-9-8-17(12-19(20)24-3)22-25-21(27-32-22)16-6-4-15(5-7-16)13-28-11-10-18(26-28)23(29)30/h4-12,14H,13H2,1-2H3,(H,29,30)/p-1. The molecule has 0 saturated heterocycles. The highest BCUT2D eigenvalue weighted by Gasteiger charge is 2.14. The molecule has 0 atom stereocenters. The summed E-state index contributed by atoms with van der Waals surface area (Å²) in [4.78, 5) is 18.8. The molecule has 0 spiro atoms. The van der Waals surface area contributed by atoms with Crippen LogP contribution in [0.15, 0.2) is 59.3 Å². The topological polar surface area (TPSA) is 110 Å². The predicted molar refractivity (Wildman–Crippen MR) is 113 cm³/mol. The van der Waals surface area contributed by atoms with Crippen LogP contribution in [0.1, 0.15) is 29.9 Å². The fourth-order valence-electron chi connectivity index (χ4n) is 3.05. The van der Waals surface area contributed by atoms with Crippen molar-refractivity contribution in [3.8, 4) is 28.6 Å². The lowest BCUT2D eigenvalue weighted by Crippen LogP contribution is -2.23. The van der Waals surface area contributed by atoms with E-state index in [0.29, 0.717) is 35.3 Å². The monoisotopic (exact) mass is 428 g/mol. The molecule has 2 aromatic heterocycles. The van der Waals surface area contributed by atoms with Crippen LogP contribution >= 0.6 is 0 Å². The first-order chi connectivity index (χ1) is 15.4. The molecule has 0 aliphatic heterocycles. The van der Waals surface area contributed by atoms with Crippen LogP contribution in [0.4, 0.5) is 5.69 Å². The first kappa shape index (κ1) is 20.8. The summed E-state index contributed by atoms with van der Waals surface area (Å²) in [7, 11) is 0. The van der Waals surface area contributed by atoms with Gasteiger partial charge in [0.25, 0.3) is 5.89 Å². The molecule has 9 heteroatoms. The van der Waals surface area contributed by atoms with Crippen LogP contribution in [-0.2, 0) is 6.54 Å². The fourth-order valence-corrected chi connectivity index (χ4v) is 3.05. The molecule has 9 nitrogen and oxygen atoms in total. The van der Waals surface area contributed by atoms with Crippen LogP contribution in [0, 0.1) is 6.57 Å². The van der Waals surface area contributed by atoms with Crippen LogP contribution in [0.3, 0.4) is 0 Å². The maximum atomic E-state index is 10.8. The van der Waals surface area contributed by atoms with Crippen molar-refractivity contribution < 1.29 is 19.2 Å². The van der Waals surface area contributed by atoms with E-state index in [0.717, 1.165) is 11.1 Å². The van der Waals surface area contributed by atoms with E-state index in [1.54, 1.807) is 24.4 Å². The van der Waals surface area contributed by atoms with Gasteiger partial charge < -0.3 is 19.2 Å². The Hall–Kier alpha value is -4.45. The molecular weight excluding hydrogens is 410 g/mol. The van der Waals surface area contributed by atoms with Gasteiger partial charge in [0.15, 0.2) is 0 Å². The molecule has 0 aliphatic carbocycles. The lowest BCUT2D eigenvalue weighted by molar-refractivity contribution is -0.255. The molecule has 0 fully saturated rings. The molecular formula is C23H18N5O4-. The zero-order chi connectivity index (χ0) is 22.7. The lowest BCUT2D eigenvalue weighted by Gasteiger charge is -2.11. The molecule has 4 rings (SSSR count). The van der Waals surface area contributed by atoms with Crippen LogP contribution in [0.2, 0.25) is 0 Å². The minimum Gasteiger partial charge on any atom is -0.543 e. The van der Waals surface area contributed by atoms with E-state index >= 15 is 0 Å². The average Bonchev–Trinajstić information content (AvgIpc) is 3.44. The Morgan fingerprint density at radius 1 is 1.19 bits per heavy atom. The maximum Gasteiger partial charge on any atom is 0.256 e. The number of hydrogen-bond acceptors (Lipinski definition) is 7. The first-order valence-corrected chi connectivity index (χ1v) is 9.79. The molecule has 2 aromatic carbocycles. The van der Waals surface area contributed by atoms with Crippen molar-refractivity contribution in [2.75, 3.05) is 0 Å². The molecule has 0 saturated carbocycles. The number of nitrogens with zero attached hydrogens (tertiary/aromatic N) is 5. The molecule has 2 heterocycles. The molecule has 0 N–H and O–H groups in total. The average molecular weight is 428 g/mol. The van der Waals surface area contributed by atoms with Crippen LogP contribution in [0.5, 0.6) is 5.75 Å². The minimum atomic E-state index is -1.31. The molecule has 0 unspecified atom stereocenters. The van der Waals surface area contributed by atoms with Gasteiger partial charge in [-0.3, -0.25) is 4.68 Å².